The van der Waals surface area contributed by atoms with Gasteiger partial charge < -0.3 is 15.0 Å². The molecule has 0 saturated carbocycles. The van der Waals surface area contributed by atoms with Gasteiger partial charge in [-0.1, -0.05) is 12.1 Å². The van der Waals surface area contributed by atoms with Gasteiger partial charge >= 0.3 is 0 Å². The lowest BCUT2D eigenvalue weighted by Crippen LogP contribution is -2.37. The van der Waals surface area contributed by atoms with Crippen LogP contribution in [0.1, 0.15) is 18.4 Å². The van der Waals surface area contributed by atoms with Gasteiger partial charge in [0.25, 0.3) is 0 Å². The normalized spacial score (nSPS) is 16.7. The Morgan fingerprint density at radius 2 is 2.28 bits per heavy atom. The largest absolute Gasteiger partial charge is 0.496 e. The topological polar surface area (TPSA) is 54.5 Å². The zero-order chi connectivity index (χ0) is 17.6. The van der Waals surface area contributed by atoms with E-state index in [9.17, 15) is 4.79 Å². The highest BCUT2D eigenvalue weighted by Gasteiger charge is 2.24. The van der Waals surface area contributed by atoms with Crippen molar-refractivity contribution in [2.45, 2.75) is 25.3 Å². The van der Waals surface area contributed by atoms with Crippen LogP contribution in [0.15, 0.2) is 47.1 Å². The number of carbonyl (C=O) groups is 1. The number of rotatable bonds is 6. The average molecular weight is 404 g/mol. The molecule has 1 aliphatic rings. The number of hydrogen-bond donors (Lipinski definition) is 1. The molecule has 2 aromatic rings. The molecule has 1 amide bonds. The summed E-state index contributed by atoms with van der Waals surface area (Å²) in [6, 6.07) is 12.0. The number of hydrogen-bond acceptors (Lipinski definition) is 4. The molecule has 1 atom stereocenters. The molecular formula is C19H22BrN3O2. The van der Waals surface area contributed by atoms with Crippen molar-refractivity contribution >= 4 is 27.7 Å². The molecule has 1 unspecified atom stereocenters. The van der Waals surface area contributed by atoms with Gasteiger partial charge in [-0.15, -0.1) is 0 Å². The van der Waals surface area contributed by atoms with Crippen molar-refractivity contribution in [3.8, 4) is 5.75 Å². The first-order valence-electron chi connectivity index (χ1n) is 8.43. The number of aryl methyl sites for hydroxylation is 1. The highest BCUT2D eigenvalue weighted by atomic mass is 79.9. The number of ether oxygens (including phenoxy) is 1. The number of anilines is 1. The fourth-order valence-electron chi connectivity index (χ4n) is 3.05. The van der Waals surface area contributed by atoms with Gasteiger partial charge in [0.05, 0.1) is 11.6 Å². The van der Waals surface area contributed by atoms with Crippen LogP contribution >= 0.6 is 15.9 Å². The Hall–Kier alpha value is -2.08. The second-order valence-corrected chi connectivity index (χ2v) is 7.01. The molecule has 25 heavy (non-hydrogen) atoms. The molecule has 2 heterocycles. The van der Waals surface area contributed by atoms with Crippen molar-refractivity contribution in [2.75, 3.05) is 25.1 Å². The van der Waals surface area contributed by atoms with Gasteiger partial charge in [-0.3, -0.25) is 4.79 Å². The molecule has 0 bridgehead atoms. The molecule has 1 saturated heterocycles. The van der Waals surface area contributed by atoms with E-state index in [1.165, 1.54) is 0 Å². The van der Waals surface area contributed by atoms with Crippen molar-refractivity contribution in [3.05, 3.63) is 52.6 Å². The number of amides is 1. The molecule has 1 N–H and O–H groups in total. The first-order chi connectivity index (χ1) is 12.2. The van der Waals surface area contributed by atoms with Crippen molar-refractivity contribution in [1.82, 2.24) is 10.3 Å². The number of aromatic nitrogens is 1. The van der Waals surface area contributed by atoms with Crippen LogP contribution in [0.2, 0.25) is 0 Å². The number of halogens is 1. The van der Waals surface area contributed by atoms with Gasteiger partial charge in [-0.25, -0.2) is 4.98 Å². The van der Waals surface area contributed by atoms with Crippen molar-refractivity contribution < 1.29 is 9.53 Å². The first kappa shape index (κ1) is 17.7. The predicted molar refractivity (Wildman–Crippen MR) is 102 cm³/mol. The molecule has 1 aromatic heterocycles. The molecule has 1 aromatic carbocycles. The highest BCUT2D eigenvalue weighted by molar-refractivity contribution is 9.10. The minimum atomic E-state index is 0.0970. The second-order valence-electron chi connectivity index (χ2n) is 6.16. The summed E-state index contributed by atoms with van der Waals surface area (Å²) in [5, 5.41) is 3.14. The van der Waals surface area contributed by atoms with E-state index >= 15 is 0 Å². The smallest absolute Gasteiger partial charge is 0.220 e. The van der Waals surface area contributed by atoms with Crippen molar-refractivity contribution in [1.29, 1.82) is 0 Å². The number of nitrogens with one attached hydrogen (secondary N) is 1. The van der Waals surface area contributed by atoms with E-state index in [1.807, 2.05) is 36.4 Å². The van der Waals surface area contributed by atoms with E-state index in [4.69, 9.17) is 4.74 Å². The van der Waals surface area contributed by atoms with E-state index in [0.29, 0.717) is 12.8 Å². The summed E-state index contributed by atoms with van der Waals surface area (Å²) in [6.07, 6.45) is 3.95. The van der Waals surface area contributed by atoms with Gasteiger partial charge in [-0.2, -0.15) is 0 Å². The Morgan fingerprint density at radius 3 is 3.00 bits per heavy atom. The highest BCUT2D eigenvalue weighted by Crippen LogP contribution is 2.26. The van der Waals surface area contributed by atoms with Gasteiger partial charge in [0.15, 0.2) is 0 Å². The molecule has 0 spiro atoms. The molecule has 3 rings (SSSR count). The molecule has 1 fully saturated rings. The molecule has 5 nitrogen and oxygen atoms in total. The lowest BCUT2D eigenvalue weighted by molar-refractivity contribution is -0.121. The van der Waals surface area contributed by atoms with Crippen molar-refractivity contribution in [3.63, 3.8) is 0 Å². The number of benzene rings is 1. The number of carbonyl (C=O) groups excluding carboxylic acids is 1. The molecular weight excluding hydrogens is 382 g/mol. The van der Waals surface area contributed by atoms with Crippen molar-refractivity contribution in [2.24, 2.45) is 0 Å². The summed E-state index contributed by atoms with van der Waals surface area (Å²) in [7, 11) is 1.64. The number of methoxy groups -OCH3 is 1. The van der Waals surface area contributed by atoms with Crippen LogP contribution < -0.4 is 15.0 Å². The molecule has 132 valence electrons. The maximum absolute atomic E-state index is 12.2. The molecule has 0 radical (unpaired) electrons. The molecule has 1 aliphatic heterocycles. The first-order valence-corrected chi connectivity index (χ1v) is 9.23. The summed E-state index contributed by atoms with van der Waals surface area (Å²) in [5.74, 6) is 1.87. The second kappa shape index (κ2) is 8.34. The Balaban J connectivity index is 1.46. The van der Waals surface area contributed by atoms with Crippen LogP contribution in [0.5, 0.6) is 5.75 Å². The van der Waals surface area contributed by atoms with E-state index in [0.717, 1.165) is 41.1 Å². The van der Waals surface area contributed by atoms with E-state index < -0.39 is 0 Å². The third kappa shape index (κ3) is 4.72. The van der Waals surface area contributed by atoms with E-state index in [2.05, 4.69) is 31.1 Å². The SMILES string of the molecule is COc1ccc(CCC(=O)NC2CCN(c3ccccn3)C2)cc1Br. The maximum atomic E-state index is 12.2. The van der Waals surface area contributed by atoms with Gasteiger partial charge in [0.1, 0.15) is 11.6 Å². The molecule has 0 aliphatic carbocycles. The minimum absolute atomic E-state index is 0.0970. The zero-order valence-electron chi connectivity index (χ0n) is 14.2. The third-order valence-corrected chi connectivity index (χ3v) is 5.00. The summed E-state index contributed by atoms with van der Waals surface area (Å²) in [4.78, 5) is 18.8. The van der Waals surface area contributed by atoms with Gasteiger partial charge in [0.2, 0.25) is 5.91 Å². The zero-order valence-corrected chi connectivity index (χ0v) is 15.8. The molecule has 6 heteroatoms. The number of nitrogens with zero attached hydrogens (tertiary/aromatic N) is 2. The monoisotopic (exact) mass is 403 g/mol. The fourth-order valence-corrected chi connectivity index (χ4v) is 3.64. The Labute approximate surface area is 156 Å². The Kier molecular flexibility index (Phi) is 5.91. The maximum Gasteiger partial charge on any atom is 0.220 e. The van der Waals surface area contributed by atoms with Crippen LogP contribution in [0.4, 0.5) is 5.82 Å². The summed E-state index contributed by atoms with van der Waals surface area (Å²) >= 11 is 3.48. The summed E-state index contributed by atoms with van der Waals surface area (Å²) in [6.45, 7) is 1.74. The standard InChI is InChI=1S/C19H22BrN3O2/c1-25-17-7-5-14(12-16(17)20)6-8-19(24)22-15-9-11-23(13-15)18-4-2-3-10-21-18/h2-5,7,10,12,15H,6,8-9,11,13H2,1H3,(H,22,24). The lowest BCUT2D eigenvalue weighted by Gasteiger charge is -2.17. The van der Waals surface area contributed by atoms with Crippen LogP contribution in [0, 0.1) is 0 Å². The summed E-state index contributed by atoms with van der Waals surface area (Å²) in [5.41, 5.74) is 1.12. The van der Waals surface area contributed by atoms with Crippen LogP contribution in [0.25, 0.3) is 0 Å². The average Bonchev–Trinajstić information content (AvgIpc) is 3.09. The van der Waals surface area contributed by atoms with Crippen LogP contribution in [0.3, 0.4) is 0 Å². The quantitative estimate of drug-likeness (QED) is 0.804. The lowest BCUT2D eigenvalue weighted by atomic mass is 10.1. The van der Waals surface area contributed by atoms with Crippen LogP contribution in [-0.2, 0) is 11.2 Å². The Morgan fingerprint density at radius 1 is 1.40 bits per heavy atom. The van der Waals surface area contributed by atoms with E-state index in [1.54, 1.807) is 13.3 Å². The van der Waals surface area contributed by atoms with Gasteiger partial charge in [-0.05, 0) is 58.6 Å². The predicted octanol–water partition coefficient (Wildman–Crippen LogP) is 3.18. The number of pyridine rings is 1. The Bertz CT molecular complexity index is 724. The fraction of sp³-hybridized carbons (Fsp3) is 0.368. The third-order valence-electron chi connectivity index (χ3n) is 4.38. The van der Waals surface area contributed by atoms with Crippen LogP contribution in [-0.4, -0.2) is 37.1 Å². The summed E-state index contributed by atoms with van der Waals surface area (Å²) < 4.78 is 6.14. The van der Waals surface area contributed by atoms with E-state index in [-0.39, 0.29) is 11.9 Å². The minimum Gasteiger partial charge on any atom is -0.496 e. The van der Waals surface area contributed by atoms with Gasteiger partial charge in [0, 0.05) is 31.7 Å².